The molecule has 0 radical (unpaired) electrons. The summed E-state index contributed by atoms with van der Waals surface area (Å²) in [6.45, 7) is 0.261. The van der Waals surface area contributed by atoms with E-state index in [1.165, 1.54) is 4.68 Å². The number of anilines is 1. The van der Waals surface area contributed by atoms with Crippen LogP contribution in [0, 0.1) is 0 Å². The lowest BCUT2D eigenvalue weighted by atomic mass is 10.2. The van der Waals surface area contributed by atoms with Gasteiger partial charge in [0, 0.05) is 11.8 Å². The number of amides is 1. The third-order valence-corrected chi connectivity index (χ3v) is 4.49. The minimum absolute atomic E-state index is 0.0369. The molecule has 0 saturated carbocycles. The van der Waals surface area contributed by atoms with Crippen molar-refractivity contribution in [1.29, 1.82) is 0 Å². The summed E-state index contributed by atoms with van der Waals surface area (Å²) < 4.78 is 12.3. The SMILES string of the molecule is COc1ccc(Cn2nnc(O)c2C(=O)Nc2cccc(Oc3ccccc3)c2)cc1. The fourth-order valence-corrected chi connectivity index (χ4v) is 2.99. The van der Waals surface area contributed by atoms with Gasteiger partial charge in [-0.1, -0.05) is 46.7 Å². The molecule has 1 aromatic heterocycles. The first-order valence-corrected chi connectivity index (χ1v) is 9.52. The lowest BCUT2D eigenvalue weighted by Crippen LogP contribution is -2.18. The number of nitrogens with one attached hydrogen (secondary N) is 1. The number of aromatic nitrogens is 3. The Balaban J connectivity index is 1.50. The van der Waals surface area contributed by atoms with Crippen LogP contribution in [0.4, 0.5) is 5.69 Å². The number of ether oxygens (including phenoxy) is 2. The Morgan fingerprint density at radius 3 is 2.45 bits per heavy atom. The van der Waals surface area contributed by atoms with Gasteiger partial charge in [-0.05, 0) is 42.0 Å². The molecule has 8 nitrogen and oxygen atoms in total. The Morgan fingerprint density at radius 2 is 1.71 bits per heavy atom. The van der Waals surface area contributed by atoms with Crippen LogP contribution in [0.25, 0.3) is 0 Å². The normalized spacial score (nSPS) is 10.5. The minimum atomic E-state index is -0.534. The number of rotatable bonds is 7. The minimum Gasteiger partial charge on any atom is -0.497 e. The zero-order chi connectivity index (χ0) is 21.6. The molecule has 0 unspecified atom stereocenters. The molecular formula is C23H20N4O4. The summed E-state index contributed by atoms with van der Waals surface area (Å²) >= 11 is 0. The first-order valence-electron chi connectivity index (χ1n) is 9.52. The maximum atomic E-state index is 12.8. The van der Waals surface area contributed by atoms with E-state index >= 15 is 0 Å². The van der Waals surface area contributed by atoms with Crippen molar-refractivity contribution in [3.63, 3.8) is 0 Å². The topological polar surface area (TPSA) is 98.5 Å². The van der Waals surface area contributed by atoms with Crippen LogP contribution >= 0.6 is 0 Å². The number of para-hydroxylation sites is 1. The quantitative estimate of drug-likeness (QED) is 0.471. The molecule has 0 bridgehead atoms. The highest BCUT2D eigenvalue weighted by Gasteiger charge is 2.21. The Morgan fingerprint density at radius 1 is 0.968 bits per heavy atom. The van der Waals surface area contributed by atoms with Gasteiger partial charge in [-0.2, -0.15) is 0 Å². The molecule has 1 amide bonds. The maximum absolute atomic E-state index is 12.8. The van der Waals surface area contributed by atoms with Gasteiger partial charge in [0.15, 0.2) is 5.69 Å². The van der Waals surface area contributed by atoms with Gasteiger partial charge in [0.05, 0.1) is 13.7 Å². The van der Waals surface area contributed by atoms with Crippen LogP contribution in [0.1, 0.15) is 16.1 Å². The van der Waals surface area contributed by atoms with Crippen molar-refractivity contribution in [1.82, 2.24) is 15.0 Å². The zero-order valence-electron chi connectivity index (χ0n) is 16.7. The van der Waals surface area contributed by atoms with Crippen LogP contribution in [-0.2, 0) is 6.54 Å². The molecule has 4 aromatic rings. The van der Waals surface area contributed by atoms with Crippen LogP contribution in [0.3, 0.4) is 0 Å². The van der Waals surface area contributed by atoms with Crippen molar-refractivity contribution in [3.05, 3.63) is 90.1 Å². The van der Waals surface area contributed by atoms with Gasteiger partial charge in [-0.25, -0.2) is 4.68 Å². The third kappa shape index (κ3) is 4.81. The summed E-state index contributed by atoms with van der Waals surface area (Å²) in [6.07, 6.45) is 0. The molecule has 0 spiro atoms. The first kappa shape index (κ1) is 20.0. The molecule has 31 heavy (non-hydrogen) atoms. The van der Waals surface area contributed by atoms with Gasteiger partial charge in [-0.15, -0.1) is 0 Å². The molecule has 156 valence electrons. The molecule has 0 aliphatic rings. The van der Waals surface area contributed by atoms with E-state index < -0.39 is 11.8 Å². The second kappa shape index (κ2) is 9.00. The lowest BCUT2D eigenvalue weighted by Gasteiger charge is -2.10. The van der Waals surface area contributed by atoms with E-state index in [1.54, 1.807) is 31.4 Å². The Hall–Kier alpha value is -4.33. The zero-order valence-corrected chi connectivity index (χ0v) is 16.7. The average molecular weight is 416 g/mol. The van der Waals surface area contributed by atoms with Crippen molar-refractivity contribution in [2.75, 3.05) is 12.4 Å². The Kier molecular flexibility index (Phi) is 5.79. The van der Waals surface area contributed by atoms with Crippen molar-refractivity contribution in [2.45, 2.75) is 6.54 Å². The van der Waals surface area contributed by atoms with Gasteiger partial charge >= 0.3 is 0 Å². The number of benzene rings is 3. The number of carbonyl (C=O) groups is 1. The number of nitrogens with zero attached hydrogens (tertiary/aromatic N) is 3. The van der Waals surface area contributed by atoms with Crippen molar-refractivity contribution in [2.24, 2.45) is 0 Å². The summed E-state index contributed by atoms with van der Waals surface area (Å²) in [6, 6.07) is 23.6. The molecule has 0 saturated heterocycles. The van der Waals surface area contributed by atoms with Crippen LogP contribution in [0.5, 0.6) is 23.1 Å². The van der Waals surface area contributed by atoms with Crippen molar-refractivity contribution >= 4 is 11.6 Å². The summed E-state index contributed by atoms with van der Waals surface area (Å²) in [5.41, 5.74) is 1.35. The van der Waals surface area contributed by atoms with E-state index in [2.05, 4.69) is 15.6 Å². The van der Waals surface area contributed by atoms with Crippen LogP contribution in [0.2, 0.25) is 0 Å². The van der Waals surface area contributed by atoms with Crippen LogP contribution < -0.4 is 14.8 Å². The molecule has 0 fully saturated rings. The number of carbonyl (C=O) groups excluding carboxylic acids is 1. The molecule has 3 aromatic carbocycles. The largest absolute Gasteiger partial charge is 0.497 e. The standard InChI is InChI=1S/C23H20N4O4/c1-30-18-12-10-16(11-13-18)15-27-21(23(29)25-26-27)22(28)24-17-6-5-9-20(14-17)31-19-7-3-2-4-8-19/h2-14,29H,15H2,1H3,(H,24,28). The number of methoxy groups -OCH3 is 1. The van der Waals surface area contributed by atoms with Crippen LogP contribution in [0.15, 0.2) is 78.9 Å². The summed E-state index contributed by atoms with van der Waals surface area (Å²) in [5, 5.41) is 20.4. The van der Waals surface area contributed by atoms with E-state index in [1.807, 2.05) is 54.6 Å². The highest BCUT2D eigenvalue weighted by atomic mass is 16.5. The molecule has 2 N–H and O–H groups in total. The second-order valence-corrected chi connectivity index (χ2v) is 6.66. The highest BCUT2D eigenvalue weighted by molar-refractivity contribution is 6.04. The molecular weight excluding hydrogens is 396 g/mol. The van der Waals surface area contributed by atoms with Crippen LogP contribution in [-0.4, -0.2) is 33.1 Å². The van der Waals surface area contributed by atoms with Crippen molar-refractivity contribution in [3.8, 4) is 23.1 Å². The molecule has 8 heteroatoms. The molecule has 0 aliphatic carbocycles. The van der Waals surface area contributed by atoms with E-state index in [0.717, 1.165) is 11.3 Å². The van der Waals surface area contributed by atoms with E-state index in [4.69, 9.17) is 9.47 Å². The van der Waals surface area contributed by atoms with Gasteiger partial charge in [0.1, 0.15) is 17.2 Å². The molecule has 0 atom stereocenters. The number of hydrogen-bond acceptors (Lipinski definition) is 6. The van der Waals surface area contributed by atoms with E-state index in [-0.39, 0.29) is 12.2 Å². The monoisotopic (exact) mass is 416 g/mol. The fourth-order valence-electron chi connectivity index (χ4n) is 2.99. The Labute approximate surface area is 178 Å². The predicted octanol–water partition coefficient (Wildman–Crippen LogP) is 4.09. The van der Waals surface area contributed by atoms with E-state index in [9.17, 15) is 9.90 Å². The highest BCUT2D eigenvalue weighted by Crippen LogP contribution is 2.25. The van der Waals surface area contributed by atoms with Gasteiger partial charge in [-0.3, -0.25) is 4.79 Å². The second-order valence-electron chi connectivity index (χ2n) is 6.66. The number of hydrogen-bond donors (Lipinski definition) is 2. The summed E-state index contributed by atoms with van der Waals surface area (Å²) in [7, 11) is 1.59. The Bertz CT molecular complexity index is 1170. The number of aromatic hydroxyl groups is 1. The lowest BCUT2D eigenvalue weighted by molar-refractivity contribution is 0.101. The van der Waals surface area contributed by atoms with Gasteiger partial charge in [0.25, 0.3) is 11.8 Å². The fraction of sp³-hybridized carbons (Fsp3) is 0.0870. The molecule has 0 aliphatic heterocycles. The first-order chi connectivity index (χ1) is 15.1. The molecule has 1 heterocycles. The van der Waals surface area contributed by atoms with Gasteiger partial charge in [0.2, 0.25) is 0 Å². The maximum Gasteiger partial charge on any atom is 0.279 e. The summed E-state index contributed by atoms with van der Waals surface area (Å²) in [4.78, 5) is 12.8. The average Bonchev–Trinajstić information content (AvgIpc) is 3.15. The van der Waals surface area contributed by atoms with E-state index in [0.29, 0.717) is 17.2 Å². The smallest absolute Gasteiger partial charge is 0.279 e. The summed E-state index contributed by atoms with van der Waals surface area (Å²) in [5.74, 6) is 1.000. The van der Waals surface area contributed by atoms with Crippen molar-refractivity contribution < 1.29 is 19.4 Å². The van der Waals surface area contributed by atoms with Gasteiger partial charge < -0.3 is 19.9 Å². The molecule has 4 rings (SSSR count). The third-order valence-electron chi connectivity index (χ3n) is 4.49. The predicted molar refractivity (Wildman–Crippen MR) is 115 cm³/mol.